The van der Waals surface area contributed by atoms with E-state index in [0.717, 1.165) is 32.8 Å². The topological polar surface area (TPSA) is 62.2 Å². The van der Waals surface area contributed by atoms with Gasteiger partial charge in [0.25, 0.3) is 0 Å². The molecule has 0 spiro atoms. The van der Waals surface area contributed by atoms with Crippen molar-refractivity contribution < 1.29 is 4.79 Å². The summed E-state index contributed by atoms with van der Waals surface area (Å²) in [5.74, 6) is -0.0518. The number of rotatable bonds is 7. The van der Waals surface area contributed by atoms with Gasteiger partial charge in [0.2, 0.25) is 5.91 Å². The second-order valence-corrected chi connectivity index (χ2v) is 10.1. The number of anilines is 1. The van der Waals surface area contributed by atoms with Crippen LogP contribution in [-0.2, 0) is 4.79 Å². The van der Waals surface area contributed by atoms with E-state index in [0.29, 0.717) is 18.1 Å². The summed E-state index contributed by atoms with van der Waals surface area (Å²) in [5, 5.41) is 7.07. The molecule has 1 fully saturated rings. The minimum absolute atomic E-state index is 0.0518. The number of carbonyl (C=O) groups is 1. The first-order chi connectivity index (χ1) is 17.5. The Balaban J connectivity index is 1.44. The van der Waals surface area contributed by atoms with Gasteiger partial charge in [-0.1, -0.05) is 45.8 Å². The van der Waals surface area contributed by atoms with Gasteiger partial charge in [-0.25, -0.2) is 0 Å². The minimum atomic E-state index is -0.153. The molecule has 2 N–H and O–H groups in total. The zero-order chi connectivity index (χ0) is 25.1. The van der Waals surface area contributed by atoms with Gasteiger partial charge >= 0.3 is 0 Å². The number of aromatic nitrogens is 2. The summed E-state index contributed by atoms with van der Waals surface area (Å²) in [6, 6.07) is 25.7. The molecule has 2 aromatic carbocycles. The van der Waals surface area contributed by atoms with E-state index < -0.39 is 0 Å². The molecular weight excluding hydrogens is 534 g/mol. The molecule has 1 aliphatic heterocycles. The first-order valence-electron chi connectivity index (χ1n) is 11.8. The fourth-order valence-electron chi connectivity index (χ4n) is 4.55. The molecule has 182 valence electrons. The van der Waals surface area contributed by atoms with E-state index in [1.807, 2.05) is 67.6 Å². The second kappa shape index (κ2) is 10.6. The highest BCUT2D eigenvalue weighted by atomic mass is 79.9. The van der Waals surface area contributed by atoms with E-state index in [-0.39, 0.29) is 18.0 Å². The monoisotopic (exact) mass is 559 g/mol. The number of halogens is 1. The standard InChI is InChI=1S/C28H26BrN5OS/c1-19-10-12-21(13-11-19)31-25(35)14-17-34-27(26(32-28(34)36)23-8-2-3-15-30-23)24-9-5-16-33(24)22-7-4-6-20(29)18-22/h2-13,15-16,18,26-27H,14,17H2,1H3,(H,31,35)(H,32,36). The Morgan fingerprint density at radius 2 is 1.92 bits per heavy atom. The summed E-state index contributed by atoms with van der Waals surface area (Å²) in [4.78, 5) is 19.5. The maximum atomic E-state index is 12.8. The van der Waals surface area contributed by atoms with Crippen molar-refractivity contribution in [1.29, 1.82) is 0 Å². The third-order valence-electron chi connectivity index (χ3n) is 6.28. The van der Waals surface area contributed by atoms with Crippen molar-refractivity contribution in [3.8, 4) is 5.69 Å². The maximum Gasteiger partial charge on any atom is 0.226 e. The molecule has 2 aromatic heterocycles. The smallest absolute Gasteiger partial charge is 0.226 e. The van der Waals surface area contributed by atoms with Crippen LogP contribution in [0.5, 0.6) is 0 Å². The van der Waals surface area contributed by atoms with Crippen LogP contribution in [0.15, 0.2) is 95.7 Å². The lowest BCUT2D eigenvalue weighted by molar-refractivity contribution is -0.116. The van der Waals surface area contributed by atoms with E-state index in [9.17, 15) is 4.79 Å². The normalized spacial score (nSPS) is 17.2. The van der Waals surface area contributed by atoms with Crippen LogP contribution >= 0.6 is 28.1 Å². The first-order valence-corrected chi connectivity index (χ1v) is 13.0. The van der Waals surface area contributed by atoms with Gasteiger partial charge in [0.15, 0.2) is 5.11 Å². The van der Waals surface area contributed by atoms with Crippen molar-refractivity contribution in [2.24, 2.45) is 0 Å². The Bertz CT molecular complexity index is 1370. The molecule has 3 heterocycles. The first kappa shape index (κ1) is 24.2. The van der Waals surface area contributed by atoms with Crippen LogP contribution in [0, 0.1) is 6.92 Å². The molecule has 5 rings (SSSR count). The van der Waals surface area contributed by atoms with Gasteiger partial charge in [0.1, 0.15) is 0 Å². The third-order valence-corrected chi connectivity index (χ3v) is 7.13. The quantitative estimate of drug-likeness (QED) is 0.274. The Labute approximate surface area is 224 Å². The van der Waals surface area contributed by atoms with Crippen molar-refractivity contribution in [3.05, 3.63) is 113 Å². The predicted molar refractivity (Wildman–Crippen MR) is 150 cm³/mol. The third kappa shape index (κ3) is 5.20. The molecule has 36 heavy (non-hydrogen) atoms. The van der Waals surface area contributed by atoms with Crippen molar-refractivity contribution in [3.63, 3.8) is 0 Å². The van der Waals surface area contributed by atoms with Crippen molar-refractivity contribution >= 4 is 44.9 Å². The average Bonchev–Trinajstić information content (AvgIpc) is 3.49. The molecule has 6 nitrogen and oxygen atoms in total. The Morgan fingerprint density at radius 3 is 2.67 bits per heavy atom. The minimum Gasteiger partial charge on any atom is -0.352 e. The number of pyridine rings is 1. The lowest BCUT2D eigenvalue weighted by atomic mass is 10.0. The molecule has 2 atom stereocenters. The van der Waals surface area contributed by atoms with Gasteiger partial charge in [-0.2, -0.15) is 0 Å². The molecule has 0 radical (unpaired) electrons. The summed E-state index contributed by atoms with van der Waals surface area (Å²) in [5.41, 5.74) is 4.95. The highest BCUT2D eigenvalue weighted by molar-refractivity contribution is 9.10. The Morgan fingerprint density at radius 1 is 1.08 bits per heavy atom. The molecule has 0 aliphatic carbocycles. The van der Waals surface area contributed by atoms with Crippen LogP contribution < -0.4 is 10.6 Å². The van der Waals surface area contributed by atoms with Crippen molar-refractivity contribution in [1.82, 2.24) is 19.8 Å². The van der Waals surface area contributed by atoms with Gasteiger partial charge in [0, 0.05) is 46.9 Å². The number of hydrogen-bond acceptors (Lipinski definition) is 3. The Hall–Kier alpha value is -3.49. The highest BCUT2D eigenvalue weighted by Gasteiger charge is 2.41. The van der Waals surface area contributed by atoms with E-state index in [1.165, 1.54) is 0 Å². The van der Waals surface area contributed by atoms with E-state index in [4.69, 9.17) is 12.2 Å². The fraction of sp³-hybridized carbons (Fsp3) is 0.179. The van der Waals surface area contributed by atoms with Gasteiger partial charge < -0.3 is 20.1 Å². The molecule has 8 heteroatoms. The number of amides is 1. The molecule has 2 unspecified atom stereocenters. The number of thiocarbonyl (C=S) groups is 1. The van der Waals surface area contributed by atoms with Crippen LogP contribution in [0.3, 0.4) is 0 Å². The van der Waals surface area contributed by atoms with Crippen LogP contribution in [0.1, 0.15) is 35.5 Å². The number of carbonyl (C=O) groups excluding carboxylic acids is 1. The van der Waals surface area contributed by atoms with Crippen LogP contribution in [0.25, 0.3) is 5.69 Å². The number of nitrogens with zero attached hydrogens (tertiary/aromatic N) is 3. The molecule has 0 bridgehead atoms. The summed E-state index contributed by atoms with van der Waals surface area (Å²) >= 11 is 9.37. The van der Waals surface area contributed by atoms with Gasteiger partial charge in [-0.15, -0.1) is 0 Å². The molecule has 1 aliphatic rings. The molecular formula is C28H26BrN5OS. The predicted octanol–water partition coefficient (Wildman–Crippen LogP) is 5.94. The summed E-state index contributed by atoms with van der Waals surface area (Å²) in [7, 11) is 0. The number of hydrogen-bond donors (Lipinski definition) is 2. The van der Waals surface area contributed by atoms with Gasteiger partial charge in [0.05, 0.1) is 17.8 Å². The van der Waals surface area contributed by atoms with Crippen molar-refractivity contribution in [2.45, 2.75) is 25.4 Å². The van der Waals surface area contributed by atoms with Crippen molar-refractivity contribution in [2.75, 3.05) is 11.9 Å². The Kier molecular flexibility index (Phi) is 7.16. The lowest BCUT2D eigenvalue weighted by Gasteiger charge is -2.29. The van der Waals surface area contributed by atoms with E-state index in [1.54, 1.807) is 6.20 Å². The number of nitrogens with one attached hydrogen (secondary N) is 2. The number of benzene rings is 2. The largest absolute Gasteiger partial charge is 0.352 e. The highest BCUT2D eigenvalue weighted by Crippen LogP contribution is 2.39. The van der Waals surface area contributed by atoms with Gasteiger partial charge in [-0.3, -0.25) is 9.78 Å². The second-order valence-electron chi connectivity index (χ2n) is 8.77. The van der Waals surface area contributed by atoms with Crippen LogP contribution in [-0.4, -0.2) is 32.0 Å². The number of aryl methyl sites for hydroxylation is 1. The lowest BCUT2D eigenvalue weighted by Crippen LogP contribution is -2.33. The summed E-state index contributed by atoms with van der Waals surface area (Å²) in [6.07, 6.45) is 4.15. The average molecular weight is 561 g/mol. The molecule has 1 amide bonds. The van der Waals surface area contributed by atoms with E-state index >= 15 is 0 Å². The maximum absolute atomic E-state index is 12.8. The summed E-state index contributed by atoms with van der Waals surface area (Å²) in [6.45, 7) is 2.50. The van der Waals surface area contributed by atoms with Gasteiger partial charge in [-0.05, 0) is 73.7 Å². The molecule has 0 saturated carbocycles. The van der Waals surface area contributed by atoms with E-state index in [2.05, 4.69) is 65.4 Å². The molecule has 1 saturated heterocycles. The summed E-state index contributed by atoms with van der Waals surface area (Å²) < 4.78 is 3.17. The van der Waals surface area contributed by atoms with Crippen LogP contribution in [0.2, 0.25) is 0 Å². The zero-order valence-electron chi connectivity index (χ0n) is 19.8. The van der Waals surface area contributed by atoms with Crippen LogP contribution in [0.4, 0.5) is 5.69 Å². The molecule has 4 aromatic rings. The SMILES string of the molecule is Cc1ccc(NC(=O)CCN2C(=S)NC(c3ccccn3)C2c2cccn2-c2cccc(Br)c2)cc1. The fourth-order valence-corrected chi connectivity index (χ4v) is 5.27. The zero-order valence-corrected chi connectivity index (χ0v) is 22.2.